The fourth-order valence-electron chi connectivity index (χ4n) is 3.31. The van der Waals surface area contributed by atoms with Crippen LogP contribution < -0.4 is 5.32 Å². The highest BCUT2D eigenvalue weighted by molar-refractivity contribution is 7.99. The lowest BCUT2D eigenvalue weighted by molar-refractivity contribution is -0.119. The van der Waals surface area contributed by atoms with Crippen LogP contribution in [0, 0.1) is 11.8 Å². The van der Waals surface area contributed by atoms with Gasteiger partial charge >= 0.3 is 0 Å². The molecule has 1 aromatic rings. The Morgan fingerprint density at radius 2 is 2.25 bits per heavy atom. The average molecular weight is 295 g/mol. The number of thioether (sulfide) groups is 1. The van der Waals surface area contributed by atoms with Crippen molar-refractivity contribution in [3.63, 3.8) is 0 Å². The van der Waals surface area contributed by atoms with Gasteiger partial charge in [0.25, 0.3) is 5.22 Å². The molecule has 2 aliphatic rings. The van der Waals surface area contributed by atoms with Crippen molar-refractivity contribution in [3.8, 4) is 0 Å². The molecule has 2 saturated carbocycles. The number of carbonyl (C=O) groups excluding carboxylic acids is 1. The number of fused-ring (bicyclic) bond motifs is 2. The van der Waals surface area contributed by atoms with Crippen molar-refractivity contribution in [2.24, 2.45) is 11.8 Å². The molecule has 0 radical (unpaired) electrons. The summed E-state index contributed by atoms with van der Waals surface area (Å²) in [7, 11) is 0. The molecule has 2 fully saturated rings. The van der Waals surface area contributed by atoms with Gasteiger partial charge in [-0.15, -0.1) is 10.2 Å². The summed E-state index contributed by atoms with van der Waals surface area (Å²) in [6.07, 6.45) is 5.11. The van der Waals surface area contributed by atoms with Crippen molar-refractivity contribution in [3.05, 3.63) is 5.89 Å². The van der Waals surface area contributed by atoms with E-state index in [1.54, 1.807) is 0 Å². The lowest BCUT2D eigenvalue weighted by atomic mass is 9.95. The Bertz CT molecular complexity index is 489. The predicted octanol–water partition coefficient (Wildman–Crippen LogP) is 2.59. The van der Waals surface area contributed by atoms with Gasteiger partial charge in [-0.05, 0) is 31.1 Å². The Morgan fingerprint density at radius 3 is 2.85 bits per heavy atom. The molecule has 110 valence electrons. The summed E-state index contributed by atoms with van der Waals surface area (Å²) >= 11 is 1.32. The topological polar surface area (TPSA) is 68.0 Å². The van der Waals surface area contributed by atoms with Gasteiger partial charge in [-0.25, -0.2) is 0 Å². The molecule has 0 spiro atoms. The summed E-state index contributed by atoms with van der Waals surface area (Å²) in [5.41, 5.74) is 0. The van der Waals surface area contributed by atoms with E-state index in [-0.39, 0.29) is 11.8 Å². The number of nitrogens with zero attached hydrogens (tertiary/aromatic N) is 2. The Morgan fingerprint density at radius 1 is 1.40 bits per heavy atom. The summed E-state index contributed by atoms with van der Waals surface area (Å²) in [6, 6.07) is 0.399. The molecule has 5 nitrogen and oxygen atoms in total. The van der Waals surface area contributed by atoms with Crippen LogP contribution in [-0.2, 0) is 4.79 Å². The van der Waals surface area contributed by atoms with E-state index < -0.39 is 0 Å². The van der Waals surface area contributed by atoms with Gasteiger partial charge in [0.05, 0.1) is 5.75 Å². The first-order valence-electron chi connectivity index (χ1n) is 7.37. The molecule has 3 atom stereocenters. The Labute approximate surface area is 123 Å². The molecule has 1 amide bonds. The number of hydrogen-bond acceptors (Lipinski definition) is 5. The summed E-state index contributed by atoms with van der Waals surface area (Å²) in [5, 5.41) is 11.5. The number of hydrogen-bond donors (Lipinski definition) is 1. The molecule has 1 N–H and O–H groups in total. The van der Waals surface area contributed by atoms with Gasteiger partial charge < -0.3 is 9.73 Å². The number of amides is 1. The standard InChI is InChI=1S/C14H21N3O2S/c1-8(2)13-16-17-14(19-13)20-7-12(18)15-11-6-9-3-4-10(11)5-9/h8-11H,3-7H2,1-2H3,(H,15,18)/t9-,10-,11-/m0/s1. The van der Waals surface area contributed by atoms with Crippen LogP contribution in [0.2, 0.25) is 0 Å². The van der Waals surface area contributed by atoms with E-state index in [2.05, 4.69) is 15.5 Å². The molecule has 2 bridgehead atoms. The second-order valence-corrected chi connectivity index (χ2v) is 7.13. The van der Waals surface area contributed by atoms with Crippen LogP contribution in [0.25, 0.3) is 0 Å². The van der Waals surface area contributed by atoms with Crippen molar-refractivity contribution in [1.82, 2.24) is 15.5 Å². The maximum atomic E-state index is 12.0. The Hall–Kier alpha value is -1.04. The first-order chi connectivity index (χ1) is 9.61. The fraction of sp³-hybridized carbons (Fsp3) is 0.786. The molecule has 20 heavy (non-hydrogen) atoms. The molecule has 1 heterocycles. The quantitative estimate of drug-likeness (QED) is 0.846. The van der Waals surface area contributed by atoms with E-state index in [4.69, 9.17) is 4.42 Å². The van der Waals surface area contributed by atoms with Gasteiger partial charge in [0.15, 0.2) is 0 Å². The molecule has 0 aliphatic heterocycles. The molecule has 1 aromatic heterocycles. The van der Waals surface area contributed by atoms with Gasteiger partial charge in [0.2, 0.25) is 11.8 Å². The zero-order valence-corrected chi connectivity index (χ0v) is 12.8. The van der Waals surface area contributed by atoms with Gasteiger partial charge in [-0.1, -0.05) is 32.0 Å². The molecule has 6 heteroatoms. The predicted molar refractivity (Wildman–Crippen MR) is 76.5 cm³/mol. The highest BCUT2D eigenvalue weighted by Gasteiger charge is 2.39. The van der Waals surface area contributed by atoms with E-state index in [9.17, 15) is 4.79 Å². The number of rotatable bonds is 5. The third kappa shape index (κ3) is 3.00. The largest absolute Gasteiger partial charge is 0.416 e. The maximum Gasteiger partial charge on any atom is 0.277 e. The molecule has 2 aliphatic carbocycles. The minimum absolute atomic E-state index is 0.0804. The third-order valence-electron chi connectivity index (χ3n) is 4.33. The van der Waals surface area contributed by atoms with Crippen molar-refractivity contribution >= 4 is 17.7 Å². The number of nitrogens with one attached hydrogen (secondary N) is 1. The Balaban J connectivity index is 1.44. The minimum atomic E-state index is 0.0804. The molecular formula is C14H21N3O2S. The summed E-state index contributed by atoms with van der Waals surface area (Å²) in [5.74, 6) is 2.85. The van der Waals surface area contributed by atoms with Crippen LogP contribution in [0.5, 0.6) is 0 Å². The maximum absolute atomic E-state index is 12.0. The van der Waals surface area contributed by atoms with Crippen LogP contribution in [0.15, 0.2) is 9.64 Å². The van der Waals surface area contributed by atoms with Crippen LogP contribution >= 0.6 is 11.8 Å². The van der Waals surface area contributed by atoms with Crippen LogP contribution in [0.3, 0.4) is 0 Å². The molecule has 3 rings (SSSR count). The average Bonchev–Trinajstić information content (AvgIpc) is 3.12. The molecule has 0 unspecified atom stereocenters. The molecular weight excluding hydrogens is 274 g/mol. The van der Waals surface area contributed by atoms with E-state index >= 15 is 0 Å². The van der Waals surface area contributed by atoms with Crippen LogP contribution in [-0.4, -0.2) is 27.9 Å². The lowest BCUT2D eigenvalue weighted by Crippen LogP contribution is -2.39. The lowest BCUT2D eigenvalue weighted by Gasteiger charge is -2.22. The highest BCUT2D eigenvalue weighted by Crippen LogP contribution is 2.44. The number of aromatic nitrogens is 2. The second kappa shape index (κ2) is 5.76. The van der Waals surface area contributed by atoms with Crippen LogP contribution in [0.1, 0.15) is 51.3 Å². The third-order valence-corrected chi connectivity index (χ3v) is 5.15. The van der Waals surface area contributed by atoms with Gasteiger partial charge in [-0.3, -0.25) is 4.79 Å². The van der Waals surface area contributed by atoms with E-state index in [1.165, 1.54) is 37.4 Å². The monoisotopic (exact) mass is 295 g/mol. The second-order valence-electron chi connectivity index (χ2n) is 6.20. The summed E-state index contributed by atoms with van der Waals surface area (Å²) in [4.78, 5) is 12.0. The van der Waals surface area contributed by atoms with Crippen LogP contribution in [0.4, 0.5) is 0 Å². The Kier molecular flexibility index (Phi) is 4.01. The fourth-order valence-corrected chi connectivity index (χ4v) is 3.89. The van der Waals surface area contributed by atoms with Gasteiger partial charge in [-0.2, -0.15) is 0 Å². The van der Waals surface area contributed by atoms with Crippen molar-refractivity contribution in [2.75, 3.05) is 5.75 Å². The van der Waals surface area contributed by atoms with Crippen molar-refractivity contribution in [2.45, 2.75) is 56.7 Å². The van der Waals surface area contributed by atoms with Crippen molar-refractivity contribution in [1.29, 1.82) is 0 Å². The van der Waals surface area contributed by atoms with E-state index in [1.807, 2.05) is 13.8 Å². The van der Waals surface area contributed by atoms with Gasteiger partial charge in [0, 0.05) is 12.0 Å². The number of carbonyl (C=O) groups is 1. The van der Waals surface area contributed by atoms with E-state index in [0.717, 1.165) is 5.92 Å². The first-order valence-corrected chi connectivity index (χ1v) is 8.36. The van der Waals surface area contributed by atoms with E-state index in [0.29, 0.717) is 28.8 Å². The SMILES string of the molecule is CC(C)c1nnc(SCC(=O)N[C@H]2C[C@H]3CC[C@H]2C3)o1. The first kappa shape index (κ1) is 13.9. The highest BCUT2D eigenvalue weighted by atomic mass is 32.2. The summed E-state index contributed by atoms with van der Waals surface area (Å²) < 4.78 is 5.48. The zero-order valence-electron chi connectivity index (χ0n) is 12.0. The summed E-state index contributed by atoms with van der Waals surface area (Å²) in [6.45, 7) is 4.01. The molecule has 0 saturated heterocycles. The van der Waals surface area contributed by atoms with Crippen molar-refractivity contribution < 1.29 is 9.21 Å². The molecule has 0 aromatic carbocycles. The zero-order chi connectivity index (χ0) is 14.1. The van der Waals surface area contributed by atoms with Gasteiger partial charge in [0.1, 0.15) is 0 Å². The smallest absolute Gasteiger partial charge is 0.277 e. The normalized spacial score (nSPS) is 28.2. The minimum Gasteiger partial charge on any atom is -0.416 e.